The van der Waals surface area contributed by atoms with E-state index in [9.17, 15) is 4.79 Å². The Bertz CT molecular complexity index is 896. The van der Waals surface area contributed by atoms with Crippen molar-refractivity contribution >= 4 is 17.2 Å². The summed E-state index contributed by atoms with van der Waals surface area (Å²) in [5.74, 6) is 1.45. The first kappa shape index (κ1) is 20.1. The van der Waals surface area contributed by atoms with E-state index in [4.69, 9.17) is 4.74 Å². The summed E-state index contributed by atoms with van der Waals surface area (Å²) in [6, 6.07) is 13.2. The molecule has 5 heteroatoms. The van der Waals surface area contributed by atoms with Gasteiger partial charge in [-0.25, -0.2) is 0 Å². The maximum absolute atomic E-state index is 12.7. The van der Waals surface area contributed by atoms with Crippen molar-refractivity contribution in [2.75, 3.05) is 13.1 Å². The molecular weight excluding hydrogens is 392 g/mol. The molecule has 1 aliphatic carbocycles. The molecule has 0 bridgehead atoms. The van der Waals surface area contributed by atoms with Gasteiger partial charge >= 0.3 is 0 Å². The summed E-state index contributed by atoms with van der Waals surface area (Å²) in [4.78, 5) is 18.1. The van der Waals surface area contributed by atoms with E-state index in [1.165, 1.54) is 21.7 Å². The smallest absolute Gasteiger partial charge is 0.220 e. The van der Waals surface area contributed by atoms with Gasteiger partial charge in [0.25, 0.3) is 0 Å². The van der Waals surface area contributed by atoms with Gasteiger partial charge in [0, 0.05) is 47.8 Å². The number of fused-ring (bicyclic) bond motifs is 1. The number of benzene rings is 1. The minimum absolute atomic E-state index is 0.127. The molecule has 30 heavy (non-hydrogen) atoms. The summed E-state index contributed by atoms with van der Waals surface area (Å²) in [6.07, 6.45) is 7.12. The van der Waals surface area contributed by atoms with Crippen molar-refractivity contribution in [3.63, 3.8) is 0 Å². The van der Waals surface area contributed by atoms with E-state index >= 15 is 0 Å². The fraction of sp³-hybridized carbons (Fsp3) is 0.560. The molecule has 0 radical (unpaired) electrons. The SMILES string of the molecule is Cc1ccc(CN2CCC3(CC2)CC(CC(=O)NC2CCC2)c2ccccc2O3)s1. The Labute approximate surface area is 183 Å². The molecule has 3 heterocycles. The number of nitrogens with one attached hydrogen (secondary N) is 1. The predicted octanol–water partition coefficient (Wildman–Crippen LogP) is 5.02. The highest BCUT2D eigenvalue weighted by Crippen LogP contribution is 2.46. The zero-order valence-corrected chi connectivity index (χ0v) is 18.7. The third-order valence-corrected chi connectivity index (χ3v) is 8.13. The minimum Gasteiger partial charge on any atom is -0.487 e. The normalized spacial score (nSPS) is 23.4. The zero-order valence-electron chi connectivity index (χ0n) is 17.9. The number of hydrogen-bond acceptors (Lipinski definition) is 4. The van der Waals surface area contributed by atoms with Crippen molar-refractivity contribution in [1.29, 1.82) is 0 Å². The van der Waals surface area contributed by atoms with Crippen LogP contribution in [0.5, 0.6) is 5.75 Å². The number of carbonyl (C=O) groups is 1. The fourth-order valence-corrected chi connectivity index (χ4v) is 6.14. The van der Waals surface area contributed by atoms with Crippen LogP contribution in [-0.2, 0) is 11.3 Å². The first-order valence-electron chi connectivity index (χ1n) is 11.4. The number of rotatable bonds is 5. The summed E-state index contributed by atoms with van der Waals surface area (Å²) in [5, 5.41) is 3.24. The van der Waals surface area contributed by atoms with Crippen LogP contribution in [0.2, 0.25) is 0 Å². The summed E-state index contributed by atoms with van der Waals surface area (Å²) in [5.41, 5.74) is 1.08. The highest BCUT2D eigenvalue weighted by atomic mass is 32.1. The third-order valence-electron chi connectivity index (χ3n) is 7.15. The lowest BCUT2D eigenvalue weighted by Crippen LogP contribution is -2.50. The Morgan fingerprint density at radius 3 is 2.70 bits per heavy atom. The Kier molecular flexibility index (Phi) is 5.59. The van der Waals surface area contributed by atoms with Crippen molar-refractivity contribution in [3.8, 4) is 5.75 Å². The number of ether oxygens (including phenoxy) is 1. The molecule has 1 amide bonds. The standard InChI is InChI=1S/C25H32N2O2S/c1-18-9-10-21(30-18)17-27-13-11-25(12-14-27)16-19(15-24(28)26-20-5-4-6-20)22-7-2-3-8-23(22)29-25/h2-3,7-10,19-20H,4-6,11-17H2,1H3,(H,26,28). The molecule has 1 saturated carbocycles. The molecule has 160 valence electrons. The predicted molar refractivity (Wildman–Crippen MR) is 121 cm³/mol. The molecule has 2 fully saturated rings. The number of carbonyl (C=O) groups excluding carboxylic acids is 1. The summed E-state index contributed by atoms with van der Waals surface area (Å²) < 4.78 is 6.63. The first-order chi connectivity index (χ1) is 14.6. The van der Waals surface area contributed by atoms with Crippen molar-refractivity contribution in [3.05, 3.63) is 51.7 Å². The largest absolute Gasteiger partial charge is 0.487 e. The number of piperidine rings is 1. The van der Waals surface area contributed by atoms with E-state index in [0.717, 1.165) is 57.5 Å². The lowest BCUT2D eigenvalue weighted by molar-refractivity contribution is -0.123. The van der Waals surface area contributed by atoms with Gasteiger partial charge < -0.3 is 10.1 Å². The summed E-state index contributed by atoms with van der Waals surface area (Å²) in [7, 11) is 0. The van der Waals surface area contributed by atoms with Crippen LogP contribution >= 0.6 is 11.3 Å². The molecule has 1 N–H and O–H groups in total. The number of thiophene rings is 1. The van der Waals surface area contributed by atoms with Gasteiger partial charge in [-0.3, -0.25) is 9.69 Å². The molecule has 1 aromatic carbocycles. The van der Waals surface area contributed by atoms with Gasteiger partial charge in [0.1, 0.15) is 11.4 Å². The van der Waals surface area contributed by atoms with E-state index < -0.39 is 0 Å². The van der Waals surface area contributed by atoms with Crippen molar-refractivity contribution in [2.45, 2.75) is 76.0 Å². The molecule has 1 unspecified atom stereocenters. The second-order valence-electron chi connectivity index (χ2n) is 9.41. The minimum atomic E-state index is -0.127. The lowest BCUT2D eigenvalue weighted by Gasteiger charge is -2.47. The number of hydrogen-bond donors (Lipinski definition) is 1. The van der Waals surface area contributed by atoms with Gasteiger partial charge in [0.05, 0.1) is 0 Å². The summed E-state index contributed by atoms with van der Waals surface area (Å²) >= 11 is 1.90. The fourth-order valence-electron chi connectivity index (χ4n) is 5.21. The van der Waals surface area contributed by atoms with E-state index in [0.29, 0.717) is 12.5 Å². The Balaban J connectivity index is 1.26. The highest BCUT2D eigenvalue weighted by Gasteiger charge is 2.43. The Hall–Kier alpha value is -1.85. The topological polar surface area (TPSA) is 41.6 Å². The summed E-state index contributed by atoms with van der Waals surface area (Å²) in [6.45, 7) is 5.33. The number of likely N-dealkylation sites (tertiary alicyclic amines) is 1. The van der Waals surface area contributed by atoms with Crippen LogP contribution in [0, 0.1) is 6.92 Å². The maximum Gasteiger partial charge on any atom is 0.220 e. The second kappa shape index (κ2) is 8.35. The van der Waals surface area contributed by atoms with Gasteiger partial charge in [0.15, 0.2) is 0 Å². The van der Waals surface area contributed by atoms with Crippen LogP contribution in [0.25, 0.3) is 0 Å². The van der Waals surface area contributed by atoms with Crippen LogP contribution in [0.3, 0.4) is 0 Å². The van der Waals surface area contributed by atoms with Crippen molar-refractivity contribution in [1.82, 2.24) is 10.2 Å². The Morgan fingerprint density at radius 2 is 2.00 bits per heavy atom. The number of amides is 1. The molecule has 1 spiro atoms. The first-order valence-corrected chi connectivity index (χ1v) is 12.3. The van der Waals surface area contributed by atoms with Crippen LogP contribution in [0.15, 0.2) is 36.4 Å². The molecule has 1 saturated heterocycles. The second-order valence-corrected chi connectivity index (χ2v) is 10.8. The average molecular weight is 425 g/mol. The molecule has 5 rings (SSSR count). The molecule has 1 aromatic heterocycles. The van der Waals surface area contributed by atoms with Gasteiger partial charge in [0.2, 0.25) is 5.91 Å². The molecule has 4 nitrogen and oxygen atoms in total. The number of nitrogens with zero attached hydrogens (tertiary/aromatic N) is 1. The lowest BCUT2D eigenvalue weighted by atomic mass is 9.76. The molecular formula is C25H32N2O2S. The van der Waals surface area contributed by atoms with Crippen molar-refractivity contribution in [2.24, 2.45) is 0 Å². The van der Waals surface area contributed by atoms with Gasteiger partial charge in [-0.1, -0.05) is 18.2 Å². The maximum atomic E-state index is 12.7. The molecule has 2 aliphatic heterocycles. The van der Waals surface area contributed by atoms with Crippen LogP contribution in [0.4, 0.5) is 0 Å². The zero-order chi connectivity index (χ0) is 20.6. The van der Waals surface area contributed by atoms with Crippen LogP contribution < -0.4 is 10.1 Å². The van der Waals surface area contributed by atoms with Crippen LogP contribution in [0.1, 0.15) is 66.2 Å². The highest BCUT2D eigenvalue weighted by molar-refractivity contribution is 7.11. The third kappa shape index (κ3) is 4.28. The van der Waals surface area contributed by atoms with E-state index in [1.54, 1.807) is 0 Å². The van der Waals surface area contributed by atoms with Gasteiger partial charge in [-0.2, -0.15) is 0 Å². The Morgan fingerprint density at radius 1 is 1.20 bits per heavy atom. The number of para-hydroxylation sites is 1. The monoisotopic (exact) mass is 424 g/mol. The quantitative estimate of drug-likeness (QED) is 0.733. The van der Waals surface area contributed by atoms with Gasteiger partial charge in [-0.05, 0) is 69.2 Å². The molecule has 3 aliphatic rings. The molecule has 2 aromatic rings. The molecule has 1 atom stereocenters. The van der Waals surface area contributed by atoms with E-state index in [-0.39, 0.29) is 17.4 Å². The number of aryl methyl sites for hydroxylation is 1. The van der Waals surface area contributed by atoms with E-state index in [2.05, 4.69) is 53.5 Å². The van der Waals surface area contributed by atoms with Gasteiger partial charge in [-0.15, -0.1) is 11.3 Å². The average Bonchev–Trinajstić information content (AvgIpc) is 3.11. The van der Waals surface area contributed by atoms with Crippen LogP contribution in [-0.4, -0.2) is 35.5 Å². The van der Waals surface area contributed by atoms with Crippen molar-refractivity contribution < 1.29 is 9.53 Å². The van der Waals surface area contributed by atoms with E-state index in [1.807, 2.05) is 11.3 Å².